The van der Waals surface area contributed by atoms with Crippen LogP contribution in [-0.2, 0) is 9.53 Å². The molecular weight excluding hydrogens is 249 g/mol. The summed E-state index contributed by atoms with van der Waals surface area (Å²) in [4.78, 5) is 25.7. The standard InChI is InChI=1S/C14H24FNO3/c1-9(2)11(17)14(6)7-10(15)8-16(14)12(18)19-13(3,4)5/h9-10H,7-8H2,1-6H3/t10?,14-/m1/s1. The number of carbonyl (C=O) groups is 2. The number of nitrogens with zero attached hydrogens (tertiary/aromatic N) is 1. The lowest BCUT2D eigenvalue weighted by Crippen LogP contribution is -2.53. The number of ketones is 1. The molecule has 0 spiro atoms. The van der Waals surface area contributed by atoms with E-state index in [2.05, 4.69) is 0 Å². The molecule has 110 valence electrons. The second-order valence-corrected chi connectivity index (χ2v) is 6.69. The number of ether oxygens (including phenoxy) is 1. The number of halogens is 1. The van der Waals surface area contributed by atoms with E-state index in [9.17, 15) is 14.0 Å². The zero-order valence-electron chi connectivity index (χ0n) is 12.6. The van der Waals surface area contributed by atoms with Gasteiger partial charge >= 0.3 is 6.09 Å². The maximum Gasteiger partial charge on any atom is 0.411 e. The van der Waals surface area contributed by atoms with Crippen LogP contribution in [0.2, 0.25) is 0 Å². The molecule has 0 aromatic carbocycles. The molecule has 1 amide bonds. The van der Waals surface area contributed by atoms with Crippen molar-refractivity contribution in [3.63, 3.8) is 0 Å². The molecule has 1 aliphatic rings. The van der Waals surface area contributed by atoms with Crippen molar-refractivity contribution in [1.82, 2.24) is 4.90 Å². The van der Waals surface area contributed by atoms with E-state index in [-0.39, 0.29) is 24.7 Å². The zero-order chi connectivity index (χ0) is 15.0. The molecule has 1 saturated heterocycles. The molecule has 5 heteroatoms. The summed E-state index contributed by atoms with van der Waals surface area (Å²) in [5.74, 6) is -0.376. The minimum absolute atomic E-state index is 0.0449. The highest BCUT2D eigenvalue weighted by atomic mass is 19.1. The highest BCUT2D eigenvalue weighted by molar-refractivity contribution is 5.93. The first kappa shape index (κ1) is 15.9. The fourth-order valence-corrected chi connectivity index (χ4v) is 2.45. The number of hydrogen-bond acceptors (Lipinski definition) is 3. The summed E-state index contributed by atoms with van der Waals surface area (Å²) in [6, 6.07) is 0. The van der Waals surface area contributed by atoms with Gasteiger partial charge in [-0.25, -0.2) is 9.18 Å². The van der Waals surface area contributed by atoms with Gasteiger partial charge in [-0.2, -0.15) is 0 Å². The van der Waals surface area contributed by atoms with Crippen LogP contribution in [0.1, 0.15) is 48.0 Å². The lowest BCUT2D eigenvalue weighted by molar-refractivity contribution is -0.131. The summed E-state index contributed by atoms with van der Waals surface area (Å²) >= 11 is 0. The Labute approximate surface area is 114 Å². The van der Waals surface area contributed by atoms with E-state index in [1.54, 1.807) is 41.5 Å². The van der Waals surface area contributed by atoms with Crippen molar-refractivity contribution < 1.29 is 18.7 Å². The van der Waals surface area contributed by atoms with Gasteiger partial charge < -0.3 is 4.74 Å². The number of rotatable bonds is 2. The normalized spacial score (nSPS) is 27.8. The maximum absolute atomic E-state index is 13.7. The number of Topliss-reactive ketones (excluding diaryl/α,β-unsaturated/α-hetero) is 1. The predicted molar refractivity (Wildman–Crippen MR) is 70.7 cm³/mol. The van der Waals surface area contributed by atoms with Crippen LogP contribution in [0.3, 0.4) is 0 Å². The topological polar surface area (TPSA) is 46.6 Å². The van der Waals surface area contributed by atoms with Gasteiger partial charge in [0.25, 0.3) is 0 Å². The van der Waals surface area contributed by atoms with Gasteiger partial charge in [-0.05, 0) is 27.7 Å². The van der Waals surface area contributed by atoms with Gasteiger partial charge in [0.1, 0.15) is 17.3 Å². The molecule has 0 bridgehead atoms. The highest BCUT2D eigenvalue weighted by Gasteiger charge is 2.51. The number of alkyl halides is 1. The molecule has 1 heterocycles. The van der Waals surface area contributed by atoms with Crippen LogP contribution in [0.4, 0.5) is 9.18 Å². The minimum Gasteiger partial charge on any atom is -0.444 e. The summed E-state index contributed by atoms with van der Waals surface area (Å²) < 4.78 is 18.9. The van der Waals surface area contributed by atoms with Crippen LogP contribution in [-0.4, -0.2) is 40.6 Å². The number of likely N-dealkylation sites (tertiary alicyclic amines) is 1. The van der Waals surface area contributed by atoms with E-state index in [0.717, 1.165) is 0 Å². The van der Waals surface area contributed by atoms with Gasteiger partial charge in [-0.1, -0.05) is 13.8 Å². The number of hydrogen-bond donors (Lipinski definition) is 0. The average Bonchev–Trinajstić information content (AvgIpc) is 2.51. The molecule has 0 N–H and O–H groups in total. The quantitative estimate of drug-likeness (QED) is 0.777. The molecule has 0 aliphatic carbocycles. The van der Waals surface area contributed by atoms with Crippen LogP contribution in [0.15, 0.2) is 0 Å². The summed E-state index contributed by atoms with van der Waals surface area (Å²) in [6.07, 6.45) is -1.76. The van der Waals surface area contributed by atoms with Gasteiger partial charge in [0.15, 0.2) is 5.78 Å². The van der Waals surface area contributed by atoms with Gasteiger partial charge in [-0.15, -0.1) is 0 Å². The molecule has 1 fully saturated rings. The maximum atomic E-state index is 13.7. The summed E-state index contributed by atoms with van der Waals surface area (Å²) in [6.45, 7) is 10.3. The first-order valence-electron chi connectivity index (χ1n) is 6.66. The Morgan fingerprint density at radius 2 is 1.89 bits per heavy atom. The number of carbonyl (C=O) groups excluding carboxylic acids is 2. The van der Waals surface area contributed by atoms with Crippen molar-refractivity contribution in [2.45, 2.75) is 65.3 Å². The van der Waals surface area contributed by atoms with Gasteiger partial charge in [-0.3, -0.25) is 9.69 Å². The molecular formula is C14H24FNO3. The van der Waals surface area contributed by atoms with Crippen LogP contribution in [0, 0.1) is 5.92 Å². The zero-order valence-corrected chi connectivity index (χ0v) is 12.6. The van der Waals surface area contributed by atoms with Gasteiger partial charge in [0, 0.05) is 12.3 Å². The van der Waals surface area contributed by atoms with Crippen molar-refractivity contribution in [3.8, 4) is 0 Å². The molecule has 19 heavy (non-hydrogen) atoms. The molecule has 1 aliphatic heterocycles. The molecule has 2 atom stereocenters. The molecule has 0 aromatic heterocycles. The Morgan fingerprint density at radius 3 is 2.32 bits per heavy atom. The van der Waals surface area contributed by atoms with Gasteiger partial charge in [0.05, 0.1) is 6.54 Å². The van der Waals surface area contributed by atoms with E-state index >= 15 is 0 Å². The number of amides is 1. The Morgan fingerprint density at radius 1 is 1.37 bits per heavy atom. The summed E-state index contributed by atoms with van der Waals surface area (Å²) in [5.41, 5.74) is -1.76. The largest absolute Gasteiger partial charge is 0.444 e. The van der Waals surface area contributed by atoms with Crippen molar-refractivity contribution in [1.29, 1.82) is 0 Å². The van der Waals surface area contributed by atoms with E-state index in [1.807, 2.05) is 0 Å². The molecule has 0 aromatic rings. The van der Waals surface area contributed by atoms with Crippen molar-refractivity contribution in [3.05, 3.63) is 0 Å². The Balaban J connectivity index is 2.97. The molecule has 4 nitrogen and oxygen atoms in total. The van der Waals surface area contributed by atoms with E-state index in [1.165, 1.54) is 4.90 Å². The Bertz CT molecular complexity index is 375. The van der Waals surface area contributed by atoms with Crippen molar-refractivity contribution in [2.75, 3.05) is 6.54 Å². The highest BCUT2D eigenvalue weighted by Crippen LogP contribution is 2.35. The van der Waals surface area contributed by atoms with Crippen LogP contribution in [0.5, 0.6) is 0 Å². The SMILES string of the molecule is CC(C)C(=O)[C@@]1(C)CC(F)CN1C(=O)OC(C)(C)C. The fourth-order valence-electron chi connectivity index (χ4n) is 2.45. The van der Waals surface area contributed by atoms with E-state index < -0.39 is 23.4 Å². The summed E-state index contributed by atoms with van der Waals surface area (Å²) in [5, 5.41) is 0. The molecule has 0 radical (unpaired) electrons. The van der Waals surface area contributed by atoms with Crippen LogP contribution in [0.25, 0.3) is 0 Å². The smallest absolute Gasteiger partial charge is 0.411 e. The third kappa shape index (κ3) is 3.45. The fraction of sp³-hybridized carbons (Fsp3) is 0.857. The third-order valence-electron chi connectivity index (χ3n) is 3.26. The summed E-state index contributed by atoms with van der Waals surface area (Å²) in [7, 11) is 0. The minimum atomic E-state index is -1.18. The lowest BCUT2D eigenvalue weighted by atomic mass is 9.86. The van der Waals surface area contributed by atoms with Crippen molar-refractivity contribution >= 4 is 11.9 Å². The Hall–Kier alpha value is -1.13. The monoisotopic (exact) mass is 273 g/mol. The second kappa shape index (κ2) is 5.10. The first-order valence-corrected chi connectivity index (χ1v) is 6.66. The molecule has 1 rings (SSSR count). The van der Waals surface area contributed by atoms with Crippen molar-refractivity contribution in [2.24, 2.45) is 5.92 Å². The second-order valence-electron chi connectivity index (χ2n) is 6.69. The van der Waals surface area contributed by atoms with Crippen LogP contribution >= 0.6 is 0 Å². The predicted octanol–water partition coefficient (Wildman–Crippen LogP) is 2.95. The molecule has 0 saturated carbocycles. The molecule has 1 unspecified atom stereocenters. The first-order chi connectivity index (χ1) is 8.47. The average molecular weight is 273 g/mol. The Kier molecular flexibility index (Phi) is 4.27. The third-order valence-corrected chi connectivity index (χ3v) is 3.26. The van der Waals surface area contributed by atoms with Crippen LogP contribution < -0.4 is 0 Å². The lowest BCUT2D eigenvalue weighted by Gasteiger charge is -2.35. The van der Waals surface area contributed by atoms with Gasteiger partial charge in [0.2, 0.25) is 0 Å². The van der Waals surface area contributed by atoms with E-state index in [0.29, 0.717) is 0 Å². The van der Waals surface area contributed by atoms with E-state index in [4.69, 9.17) is 4.74 Å².